The van der Waals surface area contributed by atoms with E-state index in [9.17, 15) is 4.79 Å². The number of nitrogens with zero attached hydrogens (tertiary/aromatic N) is 2. The molecule has 0 saturated heterocycles. The summed E-state index contributed by atoms with van der Waals surface area (Å²) in [6.07, 6.45) is 0.882. The molecule has 0 aliphatic carbocycles. The standard InChI is InChI=1S/C21H23ClN4O/c1-26(15-16-6-3-2-4-7-16)13-5-12-23-21(27)20-14-19(24-25-20)17-8-10-18(22)11-9-17/h2-4,6-11,14H,5,12-13,15H2,1H3,(H,23,27)(H,24,25). The minimum atomic E-state index is -0.145. The van der Waals surface area contributed by atoms with Gasteiger partial charge in [-0.1, -0.05) is 54.1 Å². The van der Waals surface area contributed by atoms with Crippen molar-refractivity contribution in [1.82, 2.24) is 20.4 Å². The van der Waals surface area contributed by atoms with Crippen LogP contribution in [0.25, 0.3) is 11.3 Å². The van der Waals surface area contributed by atoms with Crippen molar-refractivity contribution in [2.45, 2.75) is 13.0 Å². The molecule has 0 saturated carbocycles. The van der Waals surface area contributed by atoms with Crippen LogP contribution in [0.3, 0.4) is 0 Å². The molecular formula is C21H23ClN4O. The van der Waals surface area contributed by atoms with E-state index < -0.39 is 0 Å². The molecule has 3 aromatic rings. The maximum atomic E-state index is 12.3. The Morgan fingerprint density at radius 1 is 1.15 bits per heavy atom. The average molecular weight is 383 g/mol. The summed E-state index contributed by atoms with van der Waals surface area (Å²) in [6, 6.07) is 19.5. The lowest BCUT2D eigenvalue weighted by Gasteiger charge is -2.16. The maximum Gasteiger partial charge on any atom is 0.269 e. The third-order valence-corrected chi connectivity index (χ3v) is 4.51. The first-order chi connectivity index (χ1) is 13.1. The van der Waals surface area contributed by atoms with Gasteiger partial charge < -0.3 is 10.2 Å². The number of carbonyl (C=O) groups is 1. The minimum absolute atomic E-state index is 0.145. The Bertz CT molecular complexity index is 861. The van der Waals surface area contributed by atoms with Gasteiger partial charge in [0.05, 0.1) is 5.69 Å². The molecule has 1 amide bonds. The van der Waals surface area contributed by atoms with Crippen LogP contribution in [0.5, 0.6) is 0 Å². The molecule has 0 fully saturated rings. The Kier molecular flexibility index (Phi) is 6.63. The minimum Gasteiger partial charge on any atom is -0.351 e. The molecule has 0 atom stereocenters. The van der Waals surface area contributed by atoms with Crippen LogP contribution in [-0.4, -0.2) is 41.1 Å². The third-order valence-electron chi connectivity index (χ3n) is 4.26. The van der Waals surface area contributed by atoms with Gasteiger partial charge in [0.25, 0.3) is 5.91 Å². The molecule has 0 aliphatic heterocycles. The molecule has 3 rings (SSSR count). The predicted octanol–water partition coefficient (Wildman–Crippen LogP) is 3.98. The first-order valence-corrected chi connectivity index (χ1v) is 9.31. The van der Waals surface area contributed by atoms with Crippen molar-refractivity contribution in [2.75, 3.05) is 20.1 Å². The lowest BCUT2D eigenvalue weighted by atomic mass is 10.1. The summed E-state index contributed by atoms with van der Waals surface area (Å²) in [6.45, 7) is 2.43. The molecule has 1 heterocycles. The van der Waals surface area contributed by atoms with Gasteiger partial charge in [-0.25, -0.2) is 0 Å². The molecule has 27 heavy (non-hydrogen) atoms. The van der Waals surface area contributed by atoms with E-state index in [1.807, 2.05) is 30.3 Å². The van der Waals surface area contributed by atoms with Gasteiger partial charge >= 0.3 is 0 Å². The van der Waals surface area contributed by atoms with Crippen molar-refractivity contribution in [3.05, 3.63) is 76.9 Å². The predicted molar refractivity (Wildman–Crippen MR) is 109 cm³/mol. The zero-order chi connectivity index (χ0) is 19.1. The number of carbonyl (C=O) groups excluding carboxylic acids is 1. The number of rotatable bonds is 8. The molecule has 140 valence electrons. The summed E-state index contributed by atoms with van der Waals surface area (Å²) in [7, 11) is 2.09. The molecule has 2 aromatic carbocycles. The average Bonchev–Trinajstić information content (AvgIpc) is 3.17. The van der Waals surface area contributed by atoms with Crippen molar-refractivity contribution in [3.8, 4) is 11.3 Å². The number of H-pyrrole nitrogens is 1. The maximum absolute atomic E-state index is 12.3. The summed E-state index contributed by atoms with van der Waals surface area (Å²) >= 11 is 5.90. The van der Waals surface area contributed by atoms with Crippen LogP contribution in [0.2, 0.25) is 5.02 Å². The third kappa shape index (κ3) is 5.67. The second-order valence-corrected chi connectivity index (χ2v) is 6.94. The van der Waals surface area contributed by atoms with Crippen molar-refractivity contribution >= 4 is 17.5 Å². The van der Waals surface area contributed by atoms with Gasteiger partial charge in [0.15, 0.2) is 0 Å². The van der Waals surface area contributed by atoms with Crippen molar-refractivity contribution < 1.29 is 4.79 Å². The van der Waals surface area contributed by atoms with Crippen molar-refractivity contribution in [2.24, 2.45) is 0 Å². The monoisotopic (exact) mass is 382 g/mol. The van der Waals surface area contributed by atoms with Gasteiger partial charge in [-0.2, -0.15) is 5.10 Å². The molecule has 0 spiro atoms. The lowest BCUT2D eigenvalue weighted by Crippen LogP contribution is -2.28. The quantitative estimate of drug-likeness (QED) is 0.579. The normalized spacial score (nSPS) is 10.9. The second-order valence-electron chi connectivity index (χ2n) is 6.51. The highest BCUT2D eigenvalue weighted by Crippen LogP contribution is 2.20. The molecular weight excluding hydrogens is 360 g/mol. The van der Waals surface area contributed by atoms with E-state index in [2.05, 4.69) is 39.6 Å². The molecule has 6 heteroatoms. The van der Waals surface area contributed by atoms with E-state index >= 15 is 0 Å². The highest BCUT2D eigenvalue weighted by atomic mass is 35.5. The number of aromatic amines is 1. The Hall–Kier alpha value is -2.63. The van der Waals surface area contributed by atoms with Crippen LogP contribution in [0, 0.1) is 0 Å². The molecule has 2 N–H and O–H groups in total. The highest BCUT2D eigenvalue weighted by Gasteiger charge is 2.10. The summed E-state index contributed by atoms with van der Waals surface area (Å²) in [5.74, 6) is -0.145. The Balaban J connectivity index is 1.42. The summed E-state index contributed by atoms with van der Waals surface area (Å²) in [5, 5.41) is 10.6. The van der Waals surface area contributed by atoms with E-state index in [-0.39, 0.29) is 5.91 Å². The topological polar surface area (TPSA) is 61.0 Å². The van der Waals surface area contributed by atoms with E-state index in [1.165, 1.54) is 5.56 Å². The van der Waals surface area contributed by atoms with E-state index in [4.69, 9.17) is 11.6 Å². The number of hydrogen-bond acceptors (Lipinski definition) is 3. The van der Waals surface area contributed by atoms with Gasteiger partial charge in [0, 0.05) is 23.7 Å². The molecule has 0 bridgehead atoms. The summed E-state index contributed by atoms with van der Waals surface area (Å²) in [5.41, 5.74) is 3.38. The number of hydrogen-bond donors (Lipinski definition) is 2. The van der Waals surface area contributed by atoms with Crippen LogP contribution < -0.4 is 5.32 Å². The van der Waals surface area contributed by atoms with Crippen molar-refractivity contribution in [1.29, 1.82) is 0 Å². The van der Waals surface area contributed by atoms with Crippen LogP contribution in [0.15, 0.2) is 60.7 Å². The lowest BCUT2D eigenvalue weighted by molar-refractivity contribution is 0.0947. The van der Waals surface area contributed by atoms with Crippen LogP contribution >= 0.6 is 11.6 Å². The van der Waals surface area contributed by atoms with E-state index in [1.54, 1.807) is 18.2 Å². The van der Waals surface area contributed by atoms with Gasteiger partial charge in [-0.15, -0.1) is 0 Å². The number of halogens is 1. The van der Waals surface area contributed by atoms with E-state index in [0.29, 0.717) is 17.3 Å². The molecule has 0 radical (unpaired) electrons. The number of benzene rings is 2. The van der Waals surface area contributed by atoms with Crippen LogP contribution in [0.4, 0.5) is 0 Å². The molecule has 5 nitrogen and oxygen atoms in total. The number of amides is 1. The Morgan fingerprint density at radius 2 is 1.89 bits per heavy atom. The zero-order valence-corrected chi connectivity index (χ0v) is 16.0. The SMILES string of the molecule is CN(CCCNC(=O)c1cc(-c2ccc(Cl)cc2)n[nH]1)Cc1ccccc1. The molecule has 0 unspecified atom stereocenters. The summed E-state index contributed by atoms with van der Waals surface area (Å²) in [4.78, 5) is 14.5. The summed E-state index contributed by atoms with van der Waals surface area (Å²) < 4.78 is 0. The number of aromatic nitrogens is 2. The first-order valence-electron chi connectivity index (χ1n) is 8.94. The van der Waals surface area contributed by atoms with Gasteiger partial charge in [0.2, 0.25) is 0 Å². The smallest absolute Gasteiger partial charge is 0.269 e. The van der Waals surface area contributed by atoms with Crippen LogP contribution in [-0.2, 0) is 6.54 Å². The fourth-order valence-electron chi connectivity index (χ4n) is 2.83. The largest absolute Gasteiger partial charge is 0.351 e. The molecule has 1 aromatic heterocycles. The fourth-order valence-corrected chi connectivity index (χ4v) is 2.95. The highest BCUT2D eigenvalue weighted by molar-refractivity contribution is 6.30. The second kappa shape index (κ2) is 9.35. The zero-order valence-electron chi connectivity index (χ0n) is 15.3. The fraction of sp³-hybridized carbons (Fsp3) is 0.238. The van der Waals surface area contributed by atoms with Gasteiger partial charge in [-0.3, -0.25) is 9.89 Å². The number of nitrogens with one attached hydrogen (secondary N) is 2. The Morgan fingerprint density at radius 3 is 2.63 bits per heavy atom. The molecule has 0 aliphatic rings. The van der Waals surface area contributed by atoms with Gasteiger partial charge in [-0.05, 0) is 43.8 Å². The van der Waals surface area contributed by atoms with E-state index in [0.717, 1.165) is 30.8 Å². The van der Waals surface area contributed by atoms with Gasteiger partial charge in [0.1, 0.15) is 5.69 Å². The first kappa shape index (κ1) is 19.1. The Labute approximate surface area is 164 Å². The van der Waals surface area contributed by atoms with Crippen LogP contribution in [0.1, 0.15) is 22.5 Å². The van der Waals surface area contributed by atoms with Crippen molar-refractivity contribution in [3.63, 3.8) is 0 Å².